The van der Waals surface area contributed by atoms with Crippen LogP contribution in [0.15, 0.2) is 40.9 Å². The largest absolute Gasteiger partial charge is 0.416 e. The zero-order valence-corrected chi connectivity index (χ0v) is 17.4. The highest BCUT2D eigenvalue weighted by molar-refractivity contribution is 9.10. The molecule has 2 aromatic rings. The number of halogens is 4. The number of carbonyl (C=O) groups is 1. The van der Waals surface area contributed by atoms with Crippen LogP contribution in [0.1, 0.15) is 49.2 Å². The van der Waals surface area contributed by atoms with Crippen LogP contribution in [0.3, 0.4) is 0 Å². The van der Waals surface area contributed by atoms with Crippen LogP contribution in [0, 0.1) is 10.1 Å². The normalized spacial score (nSPS) is 12.4. The second kappa shape index (κ2) is 9.68. The maximum absolute atomic E-state index is 13.1. The summed E-state index contributed by atoms with van der Waals surface area (Å²) in [5, 5.41) is 10.9. The predicted molar refractivity (Wildman–Crippen MR) is 105 cm³/mol. The van der Waals surface area contributed by atoms with Gasteiger partial charge in [-0.2, -0.15) is 13.2 Å². The number of hydrogen-bond acceptors (Lipinski definition) is 3. The van der Waals surface area contributed by atoms with Gasteiger partial charge >= 0.3 is 6.18 Å². The van der Waals surface area contributed by atoms with Crippen molar-refractivity contribution >= 4 is 33.2 Å². The van der Waals surface area contributed by atoms with Crippen molar-refractivity contribution in [3.8, 4) is 0 Å². The van der Waals surface area contributed by atoms with Gasteiger partial charge in [-0.1, -0.05) is 49.7 Å². The second-order valence-corrected chi connectivity index (χ2v) is 6.06. The zero-order valence-electron chi connectivity index (χ0n) is 15.8. The van der Waals surface area contributed by atoms with Crippen molar-refractivity contribution in [1.29, 1.82) is 0 Å². The fraction of sp³-hybridized carbons (Fsp3) is 0.316. The van der Waals surface area contributed by atoms with Crippen LogP contribution in [-0.2, 0) is 12.7 Å². The van der Waals surface area contributed by atoms with Crippen molar-refractivity contribution in [2.45, 2.75) is 40.4 Å². The minimum atomic E-state index is -4.58. The maximum Gasteiger partial charge on any atom is 0.416 e. The Labute approximate surface area is 169 Å². The number of nitro benzene ring substituents is 1. The first-order valence-electron chi connectivity index (χ1n) is 8.64. The number of carbonyl (C=O) groups excluding carboxylic acids is 1. The van der Waals surface area contributed by atoms with E-state index >= 15 is 0 Å². The van der Waals surface area contributed by atoms with Gasteiger partial charge in [0.2, 0.25) is 0 Å². The molecule has 0 bridgehead atoms. The average Bonchev–Trinajstić information content (AvgIpc) is 3.00. The van der Waals surface area contributed by atoms with Gasteiger partial charge in [-0.3, -0.25) is 14.9 Å². The summed E-state index contributed by atoms with van der Waals surface area (Å²) in [6.07, 6.45) is -4.58. The molecule has 28 heavy (non-hydrogen) atoms. The summed E-state index contributed by atoms with van der Waals surface area (Å²) in [6.45, 7) is 7.71. The average molecular weight is 461 g/mol. The minimum absolute atomic E-state index is 0.0487. The van der Waals surface area contributed by atoms with E-state index in [1.54, 1.807) is 0 Å². The van der Waals surface area contributed by atoms with Crippen molar-refractivity contribution in [2.24, 2.45) is 0 Å². The lowest BCUT2D eigenvalue weighted by molar-refractivity contribution is -0.384. The van der Waals surface area contributed by atoms with E-state index in [9.17, 15) is 28.1 Å². The molecule has 1 aliphatic rings. The summed E-state index contributed by atoms with van der Waals surface area (Å²) in [7, 11) is 0. The van der Waals surface area contributed by atoms with E-state index in [4.69, 9.17) is 0 Å². The molecular weight excluding hydrogens is 441 g/mol. The number of fused-ring (bicyclic) bond motifs is 1. The number of hydrogen-bond donors (Lipinski definition) is 0. The van der Waals surface area contributed by atoms with Crippen LogP contribution in [0.25, 0.3) is 0 Å². The predicted octanol–water partition coefficient (Wildman–Crippen LogP) is 6.59. The lowest BCUT2D eigenvalue weighted by Crippen LogP contribution is -2.23. The van der Waals surface area contributed by atoms with E-state index in [2.05, 4.69) is 15.9 Å². The van der Waals surface area contributed by atoms with Crippen molar-refractivity contribution in [2.75, 3.05) is 4.90 Å². The fourth-order valence-electron chi connectivity index (χ4n) is 2.63. The standard InChI is InChI=1S/C15H8BrF3N2O3.2C2H6/c16-8-4-9(6-10(5-8)21(23)24)20-7-12-11(14(20)22)2-1-3-13(12)15(17,18)19;2*1-2/h1-6H,7H2;2*1-2H3. The van der Waals surface area contributed by atoms with Crippen LogP contribution in [-0.4, -0.2) is 10.8 Å². The van der Waals surface area contributed by atoms with Gasteiger partial charge in [-0.15, -0.1) is 0 Å². The third-order valence-electron chi connectivity index (χ3n) is 3.66. The first-order chi connectivity index (χ1) is 13.2. The Morgan fingerprint density at radius 2 is 1.71 bits per heavy atom. The summed E-state index contributed by atoms with van der Waals surface area (Å²) in [6, 6.07) is 7.26. The van der Waals surface area contributed by atoms with E-state index in [0.29, 0.717) is 4.47 Å². The minimum Gasteiger partial charge on any atom is -0.304 e. The number of anilines is 1. The lowest BCUT2D eigenvalue weighted by Gasteiger charge is -2.16. The Hall–Kier alpha value is -2.42. The Bertz CT molecular complexity index is 870. The molecule has 0 aliphatic carbocycles. The quantitative estimate of drug-likeness (QED) is 0.375. The third-order valence-corrected chi connectivity index (χ3v) is 4.12. The molecule has 5 nitrogen and oxygen atoms in total. The van der Waals surface area contributed by atoms with Crippen LogP contribution in [0.4, 0.5) is 24.5 Å². The highest BCUT2D eigenvalue weighted by atomic mass is 79.9. The van der Waals surface area contributed by atoms with Crippen LogP contribution < -0.4 is 4.90 Å². The third kappa shape index (κ3) is 4.89. The lowest BCUT2D eigenvalue weighted by atomic mass is 10.0. The molecule has 152 valence electrons. The van der Waals surface area contributed by atoms with Gasteiger partial charge in [0.15, 0.2) is 0 Å². The molecule has 0 aromatic heterocycles. The molecule has 0 N–H and O–H groups in total. The van der Waals surface area contributed by atoms with Crippen LogP contribution in [0.5, 0.6) is 0 Å². The number of benzene rings is 2. The summed E-state index contributed by atoms with van der Waals surface area (Å²) in [5.74, 6) is -0.622. The molecule has 1 heterocycles. The summed E-state index contributed by atoms with van der Waals surface area (Å²) >= 11 is 3.11. The first-order valence-corrected chi connectivity index (χ1v) is 9.43. The molecular formula is C19H20BrF3N2O3. The fourth-order valence-corrected chi connectivity index (χ4v) is 3.10. The molecule has 0 radical (unpaired) electrons. The Morgan fingerprint density at radius 1 is 1.11 bits per heavy atom. The summed E-state index contributed by atoms with van der Waals surface area (Å²) < 4.78 is 39.7. The molecule has 0 atom stereocenters. The number of amides is 1. The summed E-state index contributed by atoms with van der Waals surface area (Å²) in [4.78, 5) is 23.8. The van der Waals surface area contributed by atoms with Crippen LogP contribution >= 0.6 is 15.9 Å². The van der Waals surface area contributed by atoms with Gasteiger partial charge in [-0.05, 0) is 23.8 Å². The smallest absolute Gasteiger partial charge is 0.304 e. The molecule has 9 heteroatoms. The van der Waals surface area contributed by atoms with E-state index in [1.807, 2.05) is 27.7 Å². The van der Waals surface area contributed by atoms with Gasteiger partial charge in [0.05, 0.1) is 22.7 Å². The number of nitrogens with zero attached hydrogens (tertiary/aromatic N) is 2. The Kier molecular flexibility index (Phi) is 8.16. The van der Waals surface area contributed by atoms with E-state index in [-0.39, 0.29) is 29.0 Å². The Balaban J connectivity index is 0.000000921. The molecule has 0 saturated heterocycles. The monoisotopic (exact) mass is 460 g/mol. The van der Waals surface area contributed by atoms with Crippen molar-refractivity contribution in [3.05, 3.63) is 67.7 Å². The van der Waals surface area contributed by atoms with Crippen LogP contribution in [0.2, 0.25) is 0 Å². The van der Waals surface area contributed by atoms with E-state index in [0.717, 1.165) is 17.0 Å². The number of rotatable bonds is 2. The van der Waals surface area contributed by atoms with Crippen molar-refractivity contribution in [1.82, 2.24) is 0 Å². The SMILES string of the molecule is CC.CC.O=C1c2cccc(C(F)(F)F)c2CN1c1cc(Br)cc([N+](=O)[O-])c1. The highest BCUT2D eigenvalue weighted by Gasteiger charge is 2.39. The van der Waals surface area contributed by atoms with E-state index in [1.165, 1.54) is 24.3 Å². The molecule has 2 aromatic carbocycles. The highest BCUT2D eigenvalue weighted by Crippen LogP contribution is 2.39. The molecule has 0 fully saturated rings. The molecule has 3 rings (SSSR count). The first kappa shape index (κ1) is 23.6. The zero-order chi connectivity index (χ0) is 21.6. The molecule has 0 unspecified atom stereocenters. The number of alkyl halides is 3. The second-order valence-electron chi connectivity index (χ2n) is 5.15. The molecule has 1 amide bonds. The van der Waals surface area contributed by atoms with E-state index < -0.39 is 22.6 Å². The number of non-ortho nitro benzene ring substituents is 1. The van der Waals surface area contributed by atoms with Gasteiger partial charge in [-0.25, -0.2) is 0 Å². The summed E-state index contributed by atoms with van der Waals surface area (Å²) in [5.41, 5.74) is -1.16. The van der Waals surface area contributed by atoms with Gasteiger partial charge in [0.25, 0.3) is 11.6 Å². The maximum atomic E-state index is 13.1. The Morgan fingerprint density at radius 3 is 2.25 bits per heavy atom. The molecule has 0 spiro atoms. The van der Waals surface area contributed by atoms with Gasteiger partial charge in [0, 0.05) is 22.2 Å². The van der Waals surface area contributed by atoms with Gasteiger partial charge in [0.1, 0.15) is 0 Å². The molecule has 0 saturated carbocycles. The topological polar surface area (TPSA) is 63.5 Å². The number of nitro groups is 1. The van der Waals surface area contributed by atoms with Crippen molar-refractivity contribution < 1.29 is 22.9 Å². The van der Waals surface area contributed by atoms with Crippen molar-refractivity contribution in [3.63, 3.8) is 0 Å². The van der Waals surface area contributed by atoms with Gasteiger partial charge < -0.3 is 4.90 Å². The molecule has 1 aliphatic heterocycles.